The molecule has 11 heteroatoms. The number of aromatic nitrogens is 4. The Kier molecular flexibility index (Phi) is 4.62. The molecule has 0 aromatic carbocycles. The van der Waals surface area contributed by atoms with Crippen molar-refractivity contribution in [2.45, 2.75) is 19.9 Å². The molecule has 0 radical (unpaired) electrons. The highest BCUT2D eigenvalue weighted by molar-refractivity contribution is 6.02. The first kappa shape index (κ1) is 17.1. The number of nitrogens with one attached hydrogen (secondary N) is 2. The summed E-state index contributed by atoms with van der Waals surface area (Å²) in [6.45, 7) is 3.17. The SMILES string of the molecule is CNC(=O)c1nn(C)cc1NC(=O)C(C)n1nc([N+](=O)[O-])cc1C. The number of carbonyl (C=O) groups excluding carboxylic acids is 2. The van der Waals surface area contributed by atoms with Crippen LogP contribution in [0.5, 0.6) is 0 Å². The highest BCUT2D eigenvalue weighted by Gasteiger charge is 2.26. The molecule has 0 aliphatic rings. The summed E-state index contributed by atoms with van der Waals surface area (Å²) in [6, 6.07) is 0.473. The highest BCUT2D eigenvalue weighted by Crippen LogP contribution is 2.19. The molecule has 2 aromatic rings. The minimum atomic E-state index is -0.809. The number of nitrogens with zero attached hydrogens (tertiary/aromatic N) is 5. The van der Waals surface area contributed by atoms with Crippen LogP contribution in [0.25, 0.3) is 0 Å². The molecule has 0 bridgehead atoms. The smallest absolute Gasteiger partial charge is 0.358 e. The van der Waals surface area contributed by atoms with Gasteiger partial charge >= 0.3 is 5.82 Å². The molecule has 0 aliphatic carbocycles. The fourth-order valence-corrected chi connectivity index (χ4v) is 2.17. The minimum absolute atomic E-state index is 0.0729. The lowest BCUT2D eigenvalue weighted by atomic mass is 10.2. The van der Waals surface area contributed by atoms with Gasteiger partial charge in [-0.1, -0.05) is 0 Å². The number of rotatable bonds is 5. The van der Waals surface area contributed by atoms with E-state index < -0.39 is 22.8 Å². The van der Waals surface area contributed by atoms with Gasteiger partial charge in [0.15, 0.2) is 5.69 Å². The molecule has 0 saturated heterocycles. The van der Waals surface area contributed by atoms with Gasteiger partial charge < -0.3 is 20.7 Å². The molecule has 0 spiro atoms. The third-order valence-electron chi connectivity index (χ3n) is 3.37. The molecule has 0 saturated carbocycles. The lowest BCUT2D eigenvalue weighted by Crippen LogP contribution is -2.27. The van der Waals surface area contributed by atoms with Crippen LogP contribution in [0.3, 0.4) is 0 Å². The van der Waals surface area contributed by atoms with Gasteiger partial charge in [-0.2, -0.15) is 9.78 Å². The predicted molar refractivity (Wildman–Crippen MR) is 83.6 cm³/mol. The maximum Gasteiger partial charge on any atom is 0.390 e. The van der Waals surface area contributed by atoms with E-state index in [9.17, 15) is 19.7 Å². The number of anilines is 1. The summed E-state index contributed by atoms with van der Waals surface area (Å²) in [7, 11) is 3.07. The summed E-state index contributed by atoms with van der Waals surface area (Å²) in [5.41, 5.74) is 0.791. The maximum absolute atomic E-state index is 12.4. The number of hydrogen-bond acceptors (Lipinski definition) is 6. The van der Waals surface area contributed by atoms with Crippen molar-refractivity contribution in [2.75, 3.05) is 12.4 Å². The Morgan fingerprint density at radius 1 is 1.38 bits per heavy atom. The Morgan fingerprint density at radius 3 is 2.58 bits per heavy atom. The van der Waals surface area contributed by atoms with E-state index in [4.69, 9.17) is 0 Å². The molecule has 1 unspecified atom stereocenters. The second kappa shape index (κ2) is 6.48. The molecule has 2 N–H and O–H groups in total. The zero-order valence-corrected chi connectivity index (χ0v) is 13.6. The van der Waals surface area contributed by atoms with Crippen LogP contribution in [-0.2, 0) is 11.8 Å². The van der Waals surface area contributed by atoms with Gasteiger partial charge in [0.25, 0.3) is 11.8 Å². The van der Waals surface area contributed by atoms with Crippen LogP contribution < -0.4 is 10.6 Å². The molecule has 11 nitrogen and oxygen atoms in total. The molecule has 2 amide bonds. The van der Waals surface area contributed by atoms with Crippen LogP contribution in [0.1, 0.15) is 29.1 Å². The van der Waals surface area contributed by atoms with Crippen molar-refractivity contribution in [3.8, 4) is 0 Å². The molecule has 1 atom stereocenters. The summed E-state index contributed by atoms with van der Waals surface area (Å²) in [6.07, 6.45) is 1.49. The van der Waals surface area contributed by atoms with Crippen LogP contribution >= 0.6 is 0 Å². The summed E-state index contributed by atoms with van der Waals surface area (Å²) in [5, 5.41) is 23.6. The molecule has 0 aliphatic heterocycles. The van der Waals surface area contributed by atoms with E-state index in [1.807, 2.05) is 0 Å². The maximum atomic E-state index is 12.4. The zero-order valence-electron chi connectivity index (χ0n) is 13.6. The average Bonchev–Trinajstić information content (AvgIpc) is 3.08. The lowest BCUT2D eigenvalue weighted by Gasteiger charge is -2.11. The summed E-state index contributed by atoms with van der Waals surface area (Å²) < 4.78 is 2.65. The Bertz CT molecular complexity index is 807. The topological polar surface area (TPSA) is 137 Å². The molecular weight excluding hydrogens is 318 g/mol. The second-order valence-electron chi connectivity index (χ2n) is 5.15. The van der Waals surface area contributed by atoms with Crippen molar-refractivity contribution < 1.29 is 14.5 Å². The Labute approximate surface area is 136 Å². The second-order valence-corrected chi connectivity index (χ2v) is 5.15. The van der Waals surface area contributed by atoms with Gasteiger partial charge in [0, 0.05) is 20.3 Å². The van der Waals surface area contributed by atoms with Gasteiger partial charge in [0.05, 0.1) is 22.5 Å². The summed E-state index contributed by atoms with van der Waals surface area (Å²) in [4.78, 5) is 34.3. The van der Waals surface area contributed by atoms with Gasteiger partial charge in [0.2, 0.25) is 0 Å². The molecular formula is C13H17N7O4. The van der Waals surface area contributed by atoms with Crippen molar-refractivity contribution in [3.63, 3.8) is 0 Å². The largest absolute Gasteiger partial charge is 0.390 e. The number of aryl methyl sites for hydroxylation is 2. The number of amides is 2. The fourth-order valence-electron chi connectivity index (χ4n) is 2.17. The van der Waals surface area contributed by atoms with Gasteiger partial charge in [-0.25, -0.2) is 0 Å². The van der Waals surface area contributed by atoms with Crippen molar-refractivity contribution in [1.82, 2.24) is 24.9 Å². The normalized spacial score (nSPS) is 11.8. The monoisotopic (exact) mass is 335 g/mol. The van der Waals surface area contributed by atoms with Crippen molar-refractivity contribution in [1.29, 1.82) is 0 Å². The molecule has 2 rings (SSSR count). The molecule has 128 valence electrons. The van der Waals surface area contributed by atoms with Gasteiger partial charge in [0.1, 0.15) is 6.04 Å². The quantitative estimate of drug-likeness (QED) is 0.599. The molecule has 2 aromatic heterocycles. The number of nitro groups is 1. The van der Waals surface area contributed by atoms with E-state index in [0.29, 0.717) is 5.69 Å². The van der Waals surface area contributed by atoms with Crippen LogP contribution in [-0.4, -0.2) is 43.3 Å². The molecule has 0 fully saturated rings. The Balaban J connectivity index is 2.24. The first-order chi connectivity index (χ1) is 11.2. The van der Waals surface area contributed by atoms with Crippen LogP contribution in [0, 0.1) is 17.0 Å². The van der Waals surface area contributed by atoms with Gasteiger partial charge in [-0.05, 0) is 18.8 Å². The van der Waals surface area contributed by atoms with E-state index in [0.717, 1.165) is 0 Å². The van der Waals surface area contributed by atoms with E-state index in [1.54, 1.807) is 20.9 Å². The van der Waals surface area contributed by atoms with Crippen LogP contribution in [0.2, 0.25) is 0 Å². The standard InChI is InChI=1S/C13H17N7O4/c1-7-5-10(20(23)24)16-19(7)8(2)12(21)15-9-6-18(4)17-11(9)13(22)14-3/h5-6,8H,1-4H3,(H,14,22)(H,15,21). The van der Waals surface area contributed by atoms with Crippen LogP contribution in [0.15, 0.2) is 12.3 Å². The first-order valence-electron chi connectivity index (χ1n) is 7.01. The summed E-state index contributed by atoms with van der Waals surface area (Å²) in [5.74, 6) is -1.25. The predicted octanol–water partition coefficient (Wildman–Crippen LogP) is 0.393. The van der Waals surface area contributed by atoms with E-state index in [-0.39, 0.29) is 17.2 Å². The number of hydrogen-bond donors (Lipinski definition) is 2. The van der Waals surface area contributed by atoms with Gasteiger partial charge in [-0.15, -0.1) is 0 Å². The van der Waals surface area contributed by atoms with E-state index in [1.165, 1.54) is 28.7 Å². The van der Waals surface area contributed by atoms with Gasteiger partial charge in [-0.3, -0.25) is 14.3 Å². The van der Waals surface area contributed by atoms with Crippen LogP contribution in [0.4, 0.5) is 11.5 Å². The number of carbonyl (C=O) groups is 2. The highest BCUT2D eigenvalue weighted by atomic mass is 16.6. The third kappa shape index (κ3) is 3.24. The van der Waals surface area contributed by atoms with Crippen molar-refractivity contribution in [2.24, 2.45) is 7.05 Å². The minimum Gasteiger partial charge on any atom is -0.358 e. The average molecular weight is 335 g/mol. The van der Waals surface area contributed by atoms with E-state index in [2.05, 4.69) is 20.8 Å². The third-order valence-corrected chi connectivity index (χ3v) is 3.37. The Hall–Kier alpha value is -3.24. The fraction of sp³-hybridized carbons (Fsp3) is 0.385. The lowest BCUT2D eigenvalue weighted by molar-refractivity contribution is -0.389. The van der Waals surface area contributed by atoms with Crippen molar-refractivity contribution >= 4 is 23.3 Å². The zero-order chi connectivity index (χ0) is 18.0. The Morgan fingerprint density at radius 2 is 2.04 bits per heavy atom. The van der Waals surface area contributed by atoms with E-state index >= 15 is 0 Å². The van der Waals surface area contributed by atoms with Crippen molar-refractivity contribution in [3.05, 3.63) is 33.8 Å². The molecule has 24 heavy (non-hydrogen) atoms. The summed E-state index contributed by atoms with van der Waals surface area (Å²) >= 11 is 0. The molecule has 2 heterocycles. The first-order valence-corrected chi connectivity index (χ1v) is 7.01.